The fraction of sp³-hybridized carbons (Fsp3) is 0.292. The quantitative estimate of drug-likeness (QED) is 0.697. The lowest BCUT2D eigenvalue weighted by molar-refractivity contribution is -0.127. The topological polar surface area (TPSA) is 79.0 Å². The summed E-state index contributed by atoms with van der Waals surface area (Å²) >= 11 is 0.860. The molecule has 1 N–H and O–H groups in total. The molecular weight excluding hydrogens is 426 g/mol. The largest absolute Gasteiger partial charge is 0.378 e. The second-order valence-electron chi connectivity index (χ2n) is 7.83. The third-order valence-electron chi connectivity index (χ3n) is 5.39. The summed E-state index contributed by atoms with van der Waals surface area (Å²) in [6.45, 7) is 6.72. The molecule has 2 aromatic rings. The molecule has 2 fully saturated rings. The Hall–Kier alpha value is -3.10. The van der Waals surface area contributed by atoms with Gasteiger partial charge in [-0.1, -0.05) is 18.2 Å². The van der Waals surface area contributed by atoms with Gasteiger partial charge in [-0.25, -0.2) is 0 Å². The molecule has 2 saturated heterocycles. The summed E-state index contributed by atoms with van der Waals surface area (Å²) in [5.41, 5.74) is 4.64. The van der Waals surface area contributed by atoms with Crippen molar-refractivity contribution in [2.45, 2.75) is 13.8 Å². The van der Waals surface area contributed by atoms with E-state index in [-0.39, 0.29) is 6.54 Å². The zero-order valence-corrected chi connectivity index (χ0v) is 18.9. The number of aryl methyl sites for hydroxylation is 2. The molecule has 0 aromatic heterocycles. The molecule has 2 heterocycles. The van der Waals surface area contributed by atoms with Gasteiger partial charge in [-0.05, 0) is 72.6 Å². The average molecular weight is 452 g/mol. The van der Waals surface area contributed by atoms with E-state index in [4.69, 9.17) is 4.74 Å². The van der Waals surface area contributed by atoms with Crippen LogP contribution in [0.5, 0.6) is 0 Å². The van der Waals surface area contributed by atoms with Gasteiger partial charge in [0.1, 0.15) is 6.54 Å². The van der Waals surface area contributed by atoms with Crippen LogP contribution in [0.1, 0.15) is 16.7 Å². The normalized spacial score (nSPS) is 17.9. The van der Waals surface area contributed by atoms with Gasteiger partial charge in [0, 0.05) is 24.5 Å². The van der Waals surface area contributed by atoms with Gasteiger partial charge < -0.3 is 15.0 Å². The molecule has 0 radical (unpaired) electrons. The molecule has 8 heteroatoms. The Morgan fingerprint density at radius 1 is 1.12 bits per heavy atom. The van der Waals surface area contributed by atoms with Gasteiger partial charge >= 0.3 is 0 Å². The number of morpholine rings is 1. The number of carbonyl (C=O) groups is 3. The smallest absolute Gasteiger partial charge is 0.294 e. The molecule has 7 nitrogen and oxygen atoms in total. The fourth-order valence-electron chi connectivity index (χ4n) is 3.68. The number of hydrogen-bond donors (Lipinski definition) is 1. The maximum Gasteiger partial charge on any atom is 0.294 e. The number of benzene rings is 2. The molecular formula is C24H25N3O4S. The number of anilines is 2. The van der Waals surface area contributed by atoms with Crippen LogP contribution in [0.2, 0.25) is 0 Å². The van der Waals surface area contributed by atoms with E-state index in [0.717, 1.165) is 52.1 Å². The van der Waals surface area contributed by atoms with Crippen LogP contribution in [0.15, 0.2) is 47.4 Å². The summed E-state index contributed by atoms with van der Waals surface area (Å²) in [6.07, 6.45) is 1.72. The van der Waals surface area contributed by atoms with Crippen molar-refractivity contribution in [2.24, 2.45) is 0 Å². The zero-order chi connectivity index (χ0) is 22.7. The number of nitrogens with one attached hydrogen (secondary N) is 1. The Bertz CT molecular complexity index is 1090. The van der Waals surface area contributed by atoms with Gasteiger partial charge in [-0.15, -0.1) is 0 Å². The van der Waals surface area contributed by atoms with Crippen LogP contribution in [0.3, 0.4) is 0 Å². The van der Waals surface area contributed by atoms with Crippen molar-refractivity contribution in [3.8, 4) is 0 Å². The zero-order valence-electron chi connectivity index (χ0n) is 18.1. The Balaban J connectivity index is 1.44. The Morgan fingerprint density at radius 3 is 2.62 bits per heavy atom. The molecule has 0 aliphatic carbocycles. The summed E-state index contributed by atoms with van der Waals surface area (Å²) in [5.74, 6) is -0.860. The Kier molecular flexibility index (Phi) is 6.62. The summed E-state index contributed by atoms with van der Waals surface area (Å²) in [7, 11) is 0. The maximum absolute atomic E-state index is 12.8. The molecule has 166 valence electrons. The minimum atomic E-state index is -0.448. The van der Waals surface area contributed by atoms with Gasteiger partial charge in [0.05, 0.1) is 18.1 Å². The molecule has 0 bridgehead atoms. The van der Waals surface area contributed by atoms with Gasteiger partial charge in [-0.2, -0.15) is 0 Å². The van der Waals surface area contributed by atoms with E-state index < -0.39 is 17.1 Å². The average Bonchev–Trinajstić information content (AvgIpc) is 3.03. The van der Waals surface area contributed by atoms with E-state index in [1.165, 1.54) is 0 Å². The highest BCUT2D eigenvalue weighted by Crippen LogP contribution is 2.33. The number of nitrogens with zero attached hydrogens (tertiary/aromatic N) is 2. The highest BCUT2D eigenvalue weighted by Gasteiger charge is 2.36. The molecule has 3 amide bonds. The minimum Gasteiger partial charge on any atom is -0.378 e. The molecule has 0 saturated carbocycles. The van der Waals surface area contributed by atoms with Crippen molar-refractivity contribution in [3.05, 3.63) is 64.1 Å². The van der Waals surface area contributed by atoms with E-state index in [1.807, 2.05) is 44.2 Å². The Labute approximate surface area is 191 Å². The van der Waals surface area contributed by atoms with Crippen LogP contribution in [-0.2, 0) is 14.3 Å². The number of carbonyl (C=O) groups excluding carboxylic acids is 3. The highest BCUT2D eigenvalue weighted by molar-refractivity contribution is 8.18. The lowest BCUT2D eigenvalue weighted by Crippen LogP contribution is -2.36. The Morgan fingerprint density at radius 2 is 1.91 bits per heavy atom. The molecule has 0 atom stereocenters. The van der Waals surface area contributed by atoms with Crippen molar-refractivity contribution in [2.75, 3.05) is 43.1 Å². The van der Waals surface area contributed by atoms with Crippen LogP contribution >= 0.6 is 11.8 Å². The molecule has 2 aromatic carbocycles. The molecule has 0 unspecified atom stereocenters. The summed E-state index contributed by atoms with van der Waals surface area (Å²) < 4.78 is 5.41. The SMILES string of the molecule is Cc1cccc(NC(=O)CN2C(=O)S/C(=C/c3ccc(N4CCOCC4)cc3C)C2=O)c1. The van der Waals surface area contributed by atoms with Crippen LogP contribution < -0.4 is 10.2 Å². The van der Waals surface area contributed by atoms with Gasteiger partial charge in [-0.3, -0.25) is 19.3 Å². The standard InChI is InChI=1S/C24H25N3O4S/c1-16-4-3-5-19(12-16)25-22(28)15-27-23(29)21(32-24(27)30)14-18-6-7-20(13-17(18)2)26-8-10-31-11-9-26/h3-7,12-14H,8-11,15H2,1-2H3,(H,25,28)/b21-14+. The first kappa shape index (κ1) is 22.1. The third kappa shape index (κ3) is 5.03. The van der Waals surface area contributed by atoms with Crippen LogP contribution in [-0.4, -0.2) is 54.8 Å². The molecule has 32 heavy (non-hydrogen) atoms. The summed E-state index contributed by atoms with van der Waals surface area (Å²) in [4.78, 5) is 41.2. The van der Waals surface area contributed by atoms with Crippen molar-refractivity contribution < 1.29 is 19.1 Å². The predicted octanol–water partition coefficient (Wildman–Crippen LogP) is 3.82. The number of imide groups is 1. The predicted molar refractivity (Wildman–Crippen MR) is 127 cm³/mol. The number of rotatable bonds is 5. The second-order valence-corrected chi connectivity index (χ2v) is 8.82. The number of amides is 3. The highest BCUT2D eigenvalue weighted by atomic mass is 32.2. The van der Waals surface area contributed by atoms with Gasteiger partial charge in [0.15, 0.2) is 0 Å². The maximum atomic E-state index is 12.8. The van der Waals surface area contributed by atoms with Crippen LogP contribution in [0, 0.1) is 13.8 Å². The van der Waals surface area contributed by atoms with Crippen molar-refractivity contribution in [1.82, 2.24) is 4.90 Å². The summed E-state index contributed by atoms with van der Waals surface area (Å²) in [5, 5.41) is 2.29. The van der Waals surface area contributed by atoms with E-state index in [2.05, 4.69) is 16.3 Å². The van der Waals surface area contributed by atoms with Crippen molar-refractivity contribution in [1.29, 1.82) is 0 Å². The number of ether oxygens (including phenoxy) is 1. The number of thioether (sulfide) groups is 1. The van der Waals surface area contributed by atoms with E-state index in [1.54, 1.807) is 12.1 Å². The number of hydrogen-bond acceptors (Lipinski definition) is 6. The van der Waals surface area contributed by atoms with Gasteiger partial charge in [0.25, 0.3) is 11.1 Å². The first-order valence-electron chi connectivity index (χ1n) is 10.5. The first-order chi connectivity index (χ1) is 15.4. The van der Waals surface area contributed by atoms with E-state index >= 15 is 0 Å². The van der Waals surface area contributed by atoms with Crippen LogP contribution in [0.4, 0.5) is 16.2 Å². The van der Waals surface area contributed by atoms with Crippen LogP contribution in [0.25, 0.3) is 6.08 Å². The van der Waals surface area contributed by atoms with Crippen molar-refractivity contribution in [3.63, 3.8) is 0 Å². The lowest BCUT2D eigenvalue weighted by atomic mass is 10.1. The first-order valence-corrected chi connectivity index (χ1v) is 11.3. The summed E-state index contributed by atoms with van der Waals surface area (Å²) in [6, 6.07) is 13.4. The molecule has 4 rings (SSSR count). The lowest BCUT2D eigenvalue weighted by Gasteiger charge is -2.29. The monoisotopic (exact) mass is 451 g/mol. The third-order valence-corrected chi connectivity index (χ3v) is 6.30. The fourth-order valence-corrected chi connectivity index (χ4v) is 4.51. The van der Waals surface area contributed by atoms with Crippen molar-refractivity contribution >= 4 is 46.3 Å². The minimum absolute atomic E-state index is 0.315. The van der Waals surface area contributed by atoms with Gasteiger partial charge in [0.2, 0.25) is 5.91 Å². The second kappa shape index (κ2) is 9.58. The molecule has 0 spiro atoms. The molecule has 2 aliphatic heterocycles. The van der Waals surface area contributed by atoms with E-state index in [9.17, 15) is 14.4 Å². The van der Waals surface area contributed by atoms with E-state index in [0.29, 0.717) is 23.8 Å². The molecule has 2 aliphatic rings.